The number of carboxylic acids is 1. The predicted octanol–water partition coefficient (Wildman–Crippen LogP) is 1.52. The molecule has 0 aliphatic heterocycles. The third-order valence-electron chi connectivity index (χ3n) is 1.59. The van der Waals surface area contributed by atoms with Crippen molar-refractivity contribution >= 4 is 11.9 Å². The van der Waals surface area contributed by atoms with Gasteiger partial charge in [-0.05, 0) is 20.3 Å². The molecule has 0 amide bonds. The second-order valence-corrected chi connectivity index (χ2v) is 3.53. The molecule has 0 aromatic carbocycles. The molecule has 5 nitrogen and oxygen atoms in total. The van der Waals surface area contributed by atoms with E-state index in [0.29, 0.717) is 12.0 Å². The van der Waals surface area contributed by atoms with E-state index in [1.54, 1.807) is 6.92 Å². The highest BCUT2D eigenvalue weighted by molar-refractivity contribution is 5.86. The molecule has 5 heteroatoms. The Balaban J connectivity index is 0. The number of aliphatic hydroxyl groups excluding tert-OH is 1. The van der Waals surface area contributed by atoms with Gasteiger partial charge in [-0.15, -0.1) is 0 Å². The van der Waals surface area contributed by atoms with Gasteiger partial charge in [0.2, 0.25) is 0 Å². The minimum absolute atomic E-state index is 0.0577. The van der Waals surface area contributed by atoms with E-state index in [4.69, 9.17) is 10.2 Å². The fraction of sp³-hybridized carbons (Fsp3) is 0.500. The standard InChI is InChI=1S/C8H14O3.C4H6O2/c1-4-7(9)5-11-8(10)6(2)3;1-3(2)4(5)6/h7,9H,2,4-5H2,1,3H3;1H2,2H3,(H,5,6). The van der Waals surface area contributed by atoms with Crippen LogP contribution in [0.4, 0.5) is 0 Å². The summed E-state index contributed by atoms with van der Waals surface area (Å²) in [6.07, 6.45) is 0.0296. The molecule has 0 bridgehead atoms. The Morgan fingerprint density at radius 2 is 1.65 bits per heavy atom. The van der Waals surface area contributed by atoms with Gasteiger partial charge >= 0.3 is 11.9 Å². The largest absolute Gasteiger partial charge is 0.478 e. The van der Waals surface area contributed by atoms with E-state index in [-0.39, 0.29) is 12.2 Å². The number of aliphatic hydroxyl groups is 1. The topological polar surface area (TPSA) is 83.8 Å². The summed E-state index contributed by atoms with van der Waals surface area (Å²) in [7, 11) is 0. The lowest BCUT2D eigenvalue weighted by atomic mass is 10.3. The summed E-state index contributed by atoms with van der Waals surface area (Å²) in [4.78, 5) is 20.3. The molecule has 0 aromatic heterocycles. The van der Waals surface area contributed by atoms with E-state index in [1.165, 1.54) is 6.92 Å². The lowest BCUT2D eigenvalue weighted by Gasteiger charge is -2.07. The maximum Gasteiger partial charge on any atom is 0.333 e. The highest BCUT2D eigenvalue weighted by Gasteiger charge is 2.06. The average Bonchev–Trinajstić information content (AvgIpc) is 2.25. The minimum Gasteiger partial charge on any atom is -0.478 e. The van der Waals surface area contributed by atoms with Crippen LogP contribution < -0.4 is 0 Å². The molecule has 0 fully saturated rings. The summed E-state index contributed by atoms with van der Waals surface area (Å²) in [5.74, 6) is -1.38. The van der Waals surface area contributed by atoms with Crippen molar-refractivity contribution in [2.75, 3.05) is 6.61 Å². The van der Waals surface area contributed by atoms with Crippen LogP contribution in [0.3, 0.4) is 0 Å². The second kappa shape index (κ2) is 9.59. The van der Waals surface area contributed by atoms with E-state index in [9.17, 15) is 9.59 Å². The van der Waals surface area contributed by atoms with Crippen molar-refractivity contribution in [3.63, 3.8) is 0 Å². The van der Waals surface area contributed by atoms with Gasteiger partial charge < -0.3 is 14.9 Å². The normalized spacial score (nSPS) is 10.6. The average molecular weight is 244 g/mol. The van der Waals surface area contributed by atoms with E-state index >= 15 is 0 Å². The molecular formula is C12H20O5. The van der Waals surface area contributed by atoms with Crippen LogP contribution in [-0.4, -0.2) is 34.9 Å². The highest BCUT2D eigenvalue weighted by atomic mass is 16.5. The molecule has 0 aliphatic carbocycles. The zero-order valence-electron chi connectivity index (χ0n) is 10.5. The fourth-order valence-electron chi connectivity index (χ4n) is 0.413. The van der Waals surface area contributed by atoms with Crippen molar-refractivity contribution in [1.29, 1.82) is 0 Å². The lowest BCUT2D eigenvalue weighted by Crippen LogP contribution is -2.17. The van der Waals surface area contributed by atoms with Gasteiger partial charge in [0.25, 0.3) is 0 Å². The van der Waals surface area contributed by atoms with Crippen LogP contribution in [0.25, 0.3) is 0 Å². The van der Waals surface area contributed by atoms with Crippen LogP contribution in [0.15, 0.2) is 24.3 Å². The first kappa shape index (κ1) is 17.8. The number of esters is 1. The number of ether oxygens (including phenoxy) is 1. The number of carbonyl (C=O) groups excluding carboxylic acids is 1. The summed E-state index contributed by atoms with van der Waals surface area (Å²) in [6, 6.07) is 0. The van der Waals surface area contributed by atoms with Gasteiger partial charge in [0, 0.05) is 11.1 Å². The van der Waals surface area contributed by atoms with Crippen LogP contribution in [0.1, 0.15) is 27.2 Å². The monoisotopic (exact) mass is 244 g/mol. The molecule has 0 saturated heterocycles. The first-order chi connectivity index (χ1) is 7.72. The number of carbonyl (C=O) groups is 2. The van der Waals surface area contributed by atoms with E-state index in [1.807, 2.05) is 6.92 Å². The summed E-state index contributed by atoms with van der Waals surface area (Å²) in [5, 5.41) is 16.9. The van der Waals surface area contributed by atoms with Gasteiger partial charge in [-0.25, -0.2) is 9.59 Å². The van der Waals surface area contributed by atoms with Crippen LogP contribution in [-0.2, 0) is 14.3 Å². The van der Waals surface area contributed by atoms with Gasteiger partial charge in [0.1, 0.15) is 6.61 Å². The van der Waals surface area contributed by atoms with Crippen LogP contribution in [0.5, 0.6) is 0 Å². The van der Waals surface area contributed by atoms with E-state index in [0.717, 1.165) is 0 Å². The van der Waals surface area contributed by atoms with Gasteiger partial charge in [-0.3, -0.25) is 0 Å². The molecule has 0 radical (unpaired) electrons. The van der Waals surface area contributed by atoms with E-state index in [2.05, 4.69) is 17.9 Å². The molecule has 98 valence electrons. The summed E-state index contributed by atoms with van der Waals surface area (Å²) in [6.45, 7) is 11.5. The Morgan fingerprint density at radius 1 is 1.24 bits per heavy atom. The molecule has 1 unspecified atom stereocenters. The first-order valence-corrected chi connectivity index (χ1v) is 5.11. The van der Waals surface area contributed by atoms with Crippen molar-refractivity contribution < 1.29 is 24.5 Å². The van der Waals surface area contributed by atoms with Crippen LogP contribution >= 0.6 is 0 Å². The Hall–Kier alpha value is -1.62. The summed E-state index contributed by atoms with van der Waals surface area (Å²) >= 11 is 0. The van der Waals surface area contributed by atoms with Gasteiger partial charge in [0.15, 0.2) is 0 Å². The van der Waals surface area contributed by atoms with Crippen molar-refractivity contribution in [3.05, 3.63) is 24.3 Å². The van der Waals surface area contributed by atoms with Crippen molar-refractivity contribution in [1.82, 2.24) is 0 Å². The van der Waals surface area contributed by atoms with Gasteiger partial charge in [-0.1, -0.05) is 20.1 Å². The van der Waals surface area contributed by atoms with Crippen molar-refractivity contribution in [2.45, 2.75) is 33.3 Å². The van der Waals surface area contributed by atoms with Gasteiger partial charge in [-0.2, -0.15) is 0 Å². The molecule has 0 rings (SSSR count). The number of aliphatic carboxylic acids is 1. The molecular weight excluding hydrogens is 224 g/mol. The second-order valence-electron chi connectivity index (χ2n) is 3.53. The molecule has 0 aliphatic rings. The SMILES string of the molecule is C=C(C)C(=O)O.C=C(C)C(=O)OCC(O)CC. The third-order valence-corrected chi connectivity index (χ3v) is 1.59. The third kappa shape index (κ3) is 12.3. The molecule has 2 N–H and O–H groups in total. The number of hydrogen-bond acceptors (Lipinski definition) is 4. The van der Waals surface area contributed by atoms with Gasteiger partial charge in [0.05, 0.1) is 6.10 Å². The maximum absolute atomic E-state index is 10.7. The van der Waals surface area contributed by atoms with Crippen LogP contribution in [0, 0.1) is 0 Å². The lowest BCUT2D eigenvalue weighted by molar-refractivity contribution is -0.141. The Bertz CT molecular complexity index is 281. The Labute approximate surface area is 101 Å². The Morgan fingerprint density at radius 3 is 1.88 bits per heavy atom. The predicted molar refractivity (Wildman–Crippen MR) is 64.5 cm³/mol. The molecule has 0 heterocycles. The number of carboxylic acid groups (broad SMARTS) is 1. The number of rotatable bonds is 5. The quantitative estimate of drug-likeness (QED) is 0.566. The zero-order chi connectivity index (χ0) is 14.0. The zero-order valence-corrected chi connectivity index (χ0v) is 10.5. The van der Waals surface area contributed by atoms with E-state index < -0.39 is 18.0 Å². The molecule has 0 spiro atoms. The van der Waals surface area contributed by atoms with Crippen molar-refractivity contribution in [2.24, 2.45) is 0 Å². The smallest absolute Gasteiger partial charge is 0.333 e. The first-order valence-electron chi connectivity index (χ1n) is 5.11. The molecule has 17 heavy (non-hydrogen) atoms. The minimum atomic E-state index is -0.935. The highest BCUT2D eigenvalue weighted by Crippen LogP contribution is 1.95. The fourth-order valence-corrected chi connectivity index (χ4v) is 0.413. The van der Waals surface area contributed by atoms with Crippen LogP contribution in [0.2, 0.25) is 0 Å². The molecule has 0 saturated carbocycles. The van der Waals surface area contributed by atoms with Crippen molar-refractivity contribution in [3.8, 4) is 0 Å². The molecule has 1 atom stereocenters. The summed E-state index contributed by atoms with van der Waals surface area (Å²) < 4.78 is 4.67. The molecule has 0 aromatic rings. The number of hydrogen-bond donors (Lipinski definition) is 2. The Kier molecular flexibility index (Phi) is 10.0. The maximum atomic E-state index is 10.7. The summed E-state index contributed by atoms with van der Waals surface area (Å²) in [5.41, 5.74) is 0.531.